The number of halogens is 2. The average molecular weight is 386 g/mol. The van der Waals surface area contributed by atoms with E-state index in [1.54, 1.807) is 6.07 Å². The van der Waals surface area contributed by atoms with Crippen LogP contribution in [0.2, 0.25) is 10.0 Å². The Morgan fingerprint density at radius 1 is 1.12 bits per heavy atom. The lowest BCUT2D eigenvalue weighted by Crippen LogP contribution is -2.43. The molecule has 1 saturated heterocycles. The van der Waals surface area contributed by atoms with Gasteiger partial charge in [0.05, 0.1) is 10.0 Å². The molecule has 4 nitrogen and oxygen atoms in total. The number of nitrogens with one attached hydrogen (secondary N) is 1. The number of benzene rings is 1. The van der Waals surface area contributed by atoms with Crippen molar-refractivity contribution < 1.29 is 4.79 Å². The van der Waals surface area contributed by atoms with Crippen LogP contribution in [0.4, 0.5) is 0 Å². The van der Waals surface area contributed by atoms with E-state index in [4.69, 9.17) is 23.2 Å². The Morgan fingerprint density at radius 3 is 2.40 bits per heavy atom. The van der Waals surface area contributed by atoms with E-state index < -0.39 is 0 Å². The maximum Gasteiger partial charge on any atom is 0.226 e. The van der Waals surface area contributed by atoms with Crippen LogP contribution < -0.4 is 5.32 Å². The minimum Gasteiger partial charge on any atom is -0.337 e. The van der Waals surface area contributed by atoms with Crippen LogP contribution in [0.5, 0.6) is 0 Å². The summed E-state index contributed by atoms with van der Waals surface area (Å²) in [5.74, 6) is 0.389. The zero-order valence-electron chi connectivity index (χ0n) is 15.2. The summed E-state index contributed by atoms with van der Waals surface area (Å²) in [6.45, 7) is 10.4. The molecule has 0 radical (unpaired) electrons. The van der Waals surface area contributed by atoms with Crippen molar-refractivity contribution in [1.29, 1.82) is 0 Å². The predicted octanol–water partition coefficient (Wildman–Crippen LogP) is 3.66. The van der Waals surface area contributed by atoms with Crippen LogP contribution >= 0.6 is 23.2 Å². The third-order valence-electron chi connectivity index (χ3n) is 4.94. The molecule has 0 bridgehead atoms. The van der Waals surface area contributed by atoms with Crippen LogP contribution in [0.3, 0.4) is 0 Å². The average Bonchev–Trinajstić information content (AvgIpc) is 2.64. The minimum atomic E-state index is 0.126. The summed E-state index contributed by atoms with van der Waals surface area (Å²) in [6.07, 6.45) is 1.84. The molecule has 6 heteroatoms. The normalized spacial score (nSPS) is 15.6. The first-order valence-corrected chi connectivity index (χ1v) is 9.96. The molecule has 0 atom stereocenters. The molecule has 2 rings (SSSR count). The molecule has 1 aliphatic rings. The summed E-state index contributed by atoms with van der Waals surface area (Å²) >= 11 is 12.2. The van der Waals surface area contributed by atoms with Crippen molar-refractivity contribution in [3.63, 3.8) is 0 Å². The zero-order valence-corrected chi connectivity index (χ0v) is 16.7. The number of hydrogen-bond acceptors (Lipinski definition) is 3. The molecule has 0 spiro atoms. The molecule has 1 fully saturated rings. The summed E-state index contributed by atoms with van der Waals surface area (Å²) in [7, 11) is 0. The van der Waals surface area contributed by atoms with Gasteiger partial charge in [-0.15, -0.1) is 0 Å². The van der Waals surface area contributed by atoms with Gasteiger partial charge in [0.25, 0.3) is 0 Å². The lowest BCUT2D eigenvalue weighted by molar-refractivity contribution is -0.137. The molecule has 1 N–H and O–H groups in total. The molecule has 1 aromatic carbocycles. The van der Waals surface area contributed by atoms with Crippen molar-refractivity contribution in [3.8, 4) is 0 Å². The maximum absolute atomic E-state index is 13.1. The minimum absolute atomic E-state index is 0.126. The Hall–Kier alpha value is -0.810. The Morgan fingerprint density at radius 2 is 1.80 bits per heavy atom. The van der Waals surface area contributed by atoms with Crippen LogP contribution in [-0.4, -0.2) is 55.0 Å². The number of carbonyl (C=O) groups is 1. The fourth-order valence-electron chi connectivity index (χ4n) is 3.25. The van der Waals surface area contributed by atoms with Crippen molar-refractivity contribution in [2.75, 3.05) is 39.3 Å². The Bertz CT molecular complexity index is 558. The zero-order chi connectivity index (χ0) is 18.2. The highest BCUT2D eigenvalue weighted by Gasteiger charge is 2.26. The first kappa shape index (κ1) is 20.5. The van der Waals surface area contributed by atoms with Crippen LogP contribution in [-0.2, 0) is 11.3 Å². The van der Waals surface area contributed by atoms with Gasteiger partial charge in [-0.05, 0) is 56.7 Å². The number of rotatable bonds is 8. The second-order valence-corrected chi connectivity index (χ2v) is 7.37. The first-order chi connectivity index (χ1) is 12.0. The van der Waals surface area contributed by atoms with E-state index in [1.807, 2.05) is 17.0 Å². The van der Waals surface area contributed by atoms with Crippen molar-refractivity contribution in [2.45, 2.75) is 33.2 Å². The lowest BCUT2D eigenvalue weighted by atomic mass is 9.96. The number of likely N-dealkylation sites (N-methyl/N-ethyl adjacent to an activating group) is 1. The Labute approximate surface area is 161 Å². The molecule has 0 saturated carbocycles. The highest BCUT2D eigenvalue weighted by atomic mass is 35.5. The fraction of sp³-hybridized carbons (Fsp3) is 0.632. The second-order valence-electron chi connectivity index (χ2n) is 6.56. The largest absolute Gasteiger partial charge is 0.337 e. The molecular formula is C19H29Cl2N3O. The van der Waals surface area contributed by atoms with Gasteiger partial charge in [-0.2, -0.15) is 0 Å². The molecule has 1 amide bonds. The van der Waals surface area contributed by atoms with E-state index in [0.29, 0.717) is 16.6 Å². The van der Waals surface area contributed by atoms with Gasteiger partial charge in [0.1, 0.15) is 0 Å². The monoisotopic (exact) mass is 385 g/mol. The van der Waals surface area contributed by atoms with E-state index in [0.717, 1.165) is 57.7 Å². The fourth-order valence-corrected chi connectivity index (χ4v) is 3.58. The summed E-state index contributed by atoms with van der Waals surface area (Å²) in [6, 6.07) is 5.62. The van der Waals surface area contributed by atoms with Gasteiger partial charge in [0, 0.05) is 25.6 Å². The van der Waals surface area contributed by atoms with Crippen LogP contribution in [0, 0.1) is 5.92 Å². The summed E-state index contributed by atoms with van der Waals surface area (Å²) in [5, 5.41) is 4.41. The van der Waals surface area contributed by atoms with Crippen molar-refractivity contribution in [3.05, 3.63) is 33.8 Å². The quantitative estimate of drug-likeness (QED) is 0.741. The number of amides is 1. The van der Waals surface area contributed by atoms with E-state index in [9.17, 15) is 4.79 Å². The molecule has 0 aliphatic carbocycles. The molecule has 1 aromatic rings. The molecule has 140 valence electrons. The maximum atomic E-state index is 13.1. The van der Waals surface area contributed by atoms with Crippen LogP contribution in [0.25, 0.3) is 0 Å². The number of nitrogens with zero attached hydrogens (tertiary/aromatic N) is 2. The van der Waals surface area contributed by atoms with E-state index in [-0.39, 0.29) is 11.8 Å². The van der Waals surface area contributed by atoms with Gasteiger partial charge in [-0.25, -0.2) is 0 Å². The van der Waals surface area contributed by atoms with Crippen molar-refractivity contribution in [1.82, 2.24) is 15.1 Å². The van der Waals surface area contributed by atoms with E-state index >= 15 is 0 Å². The summed E-state index contributed by atoms with van der Waals surface area (Å²) in [4.78, 5) is 17.4. The van der Waals surface area contributed by atoms with Crippen molar-refractivity contribution in [2.24, 2.45) is 5.92 Å². The highest BCUT2D eigenvalue weighted by Crippen LogP contribution is 2.24. The number of hydrogen-bond donors (Lipinski definition) is 1. The topological polar surface area (TPSA) is 35.6 Å². The van der Waals surface area contributed by atoms with E-state index in [2.05, 4.69) is 24.1 Å². The Kier molecular flexibility index (Phi) is 8.50. The summed E-state index contributed by atoms with van der Waals surface area (Å²) < 4.78 is 0. The third-order valence-corrected chi connectivity index (χ3v) is 5.68. The third kappa shape index (κ3) is 6.14. The second kappa shape index (κ2) is 10.4. The molecule has 1 aliphatic heterocycles. The molecular weight excluding hydrogens is 357 g/mol. The standard InChI is InChI=1S/C19H29Cl2N3O/c1-3-23(4-2)11-12-24(19(25)16-7-9-22-10-8-16)14-15-5-6-17(20)18(21)13-15/h5-6,13,16,22H,3-4,7-12,14H2,1-2H3. The van der Waals surface area contributed by atoms with Crippen LogP contribution in [0.1, 0.15) is 32.3 Å². The number of piperidine rings is 1. The first-order valence-electron chi connectivity index (χ1n) is 9.20. The highest BCUT2D eigenvalue weighted by molar-refractivity contribution is 6.42. The molecule has 0 unspecified atom stereocenters. The van der Waals surface area contributed by atoms with Gasteiger partial charge >= 0.3 is 0 Å². The van der Waals surface area contributed by atoms with Crippen LogP contribution in [0.15, 0.2) is 18.2 Å². The van der Waals surface area contributed by atoms with E-state index in [1.165, 1.54) is 0 Å². The van der Waals surface area contributed by atoms with Gasteiger partial charge in [-0.3, -0.25) is 4.79 Å². The molecule has 1 heterocycles. The van der Waals surface area contributed by atoms with Gasteiger partial charge in [0.2, 0.25) is 5.91 Å². The SMILES string of the molecule is CCN(CC)CCN(Cc1ccc(Cl)c(Cl)c1)C(=O)C1CCNCC1. The van der Waals surface area contributed by atoms with Crippen molar-refractivity contribution >= 4 is 29.1 Å². The Balaban J connectivity index is 2.09. The van der Waals surface area contributed by atoms with Gasteiger partial charge in [-0.1, -0.05) is 43.1 Å². The molecule has 25 heavy (non-hydrogen) atoms. The lowest BCUT2D eigenvalue weighted by Gasteiger charge is -2.31. The molecule has 0 aromatic heterocycles. The number of carbonyl (C=O) groups excluding carboxylic acids is 1. The predicted molar refractivity (Wildman–Crippen MR) is 105 cm³/mol. The van der Waals surface area contributed by atoms with Gasteiger partial charge in [0.15, 0.2) is 0 Å². The summed E-state index contributed by atoms with van der Waals surface area (Å²) in [5.41, 5.74) is 1.02. The smallest absolute Gasteiger partial charge is 0.226 e. The van der Waals surface area contributed by atoms with Gasteiger partial charge < -0.3 is 15.1 Å².